The van der Waals surface area contributed by atoms with E-state index >= 15 is 0 Å². The third kappa shape index (κ3) is 4.22. The Morgan fingerprint density at radius 1 is 0.938 bits per heavy atom. The van der Waals surface area contributed by atoms with Gasteiger partial charge in [0, 0.05) is 42.5 Å². The number of nitrogens with zero attached hydrogens (tertiary/aromatic N) is 4. The highest BCUT2D eigenvalue weighted by molar-refractivity contribution is 6.30. The summed E-state index contributed by atoms with van der Waals surface area (Å²) in [6, 6.07) is 18.0. The molecular weight excluding hydrogens is 416 g/mol. The van der Waals surface area contributed by atoms with E-state index in [4.69, 9.17) is 16.6 Å². The lowest BCUT2D eigenvalue weighted by Gasteiger charge is -2.30. The lowest BCUT2D eigenvalue weighted by molar-refractivity contribution is 0.433. The van der Waals surface area contributed by atoms with Gasteiger partial charge in [0.05, 0.1) is 11.0 Å². The summed E-state index contributed by atoms with van der Waals surface area (Å²) >= 11 is 5.97. The quantitative estimate of drug-likeness (QED) is 0.362. The van der Waals surface area contributed by atoms with Crippen molar-refractivity contribution in [1.82, 2.24) is 14.5 Å². The minimum absolute atomic E-state index is 0.728. The van der Waals surface area contributed by atoms with Crippen molar-refractivity contribution >= 4 is 28.6 Å². The number of hydrogen-bond donors (Lipinski definition) is 0. The van der Waals surface area contributed by atoms with Crippen LogP contribution < -0.4 is 4.90 Å². The molecule has 0 saturated carbocycles. The highest BCUT2D eigenvalue weighted by atomic mass is 35.5. The van der Waals surface area contributed by atoms with Crippen LogP contribution in [0, 0.1) is 17.8 Å². The van der Waals surface area contributed by atoms with Gasteiger partial charge in [-0.1, -0.05) is 42.6 Å². The zero-order valence-corrected chi connectivity index (χ0v) is 19.1. The monoisotopic (exact) mass is 440 g/mol. The fourth-order valence-corrected chi connectivity index (χ4v) is 4.30. The molecule has 3 heterocycles. The summed E-state index contributed by atoms with van der Waals surface area (Å²) in [5.41, 5.74) is 5.93. The normalized spacial score (nSPS) is 14.4. The molecular formula is C27H25ClN4. The number of piperidine rings is 1. The molecule has 2 aromatic carbocycles. The lowest BCUT2D eigenvalue weighted by Crippen LogP contribution is -2.34. The third-order valence-corrected chi connectivity index (χ3v) is 6.45. The van der Waals surface area contributed by atoms with Gasteiger partial charge in [-0.3, -0.25) is 0 Å². The van der Waals surface area contributed by atoms with Crippen molar-refractivity contribution in [2.75, 3.05) is 18.0 Å². The Bertz CT molecular complexity index is 1300. The number of halogens is 1. The van der Waals surface area contributed by atoms with Gasteiger partial charge in [0.2, 0.25) is 5.95 Å². The van der Waals surface area contributed by atoms with E-state index in [1.807, 2.05) is 42.6 Å². The van der Waals surface area contributed by atoms with Crippen LogP contribution in [0.4, 0.5) is 5.95 Å². The third-order valence-electron chi connectivity index (χ3n) is 6.20. The molecule has 32 heavy (non-hydrogen) atoms. The second-order valence-corrected chi connectivity index (χ2v) is 8.97. The van der Waals surface area contributed by atoms with E-state index in [9.17, 15) is 0 Å². The lowest BCUT2D eigenvalue weighted by atomic mass is 10.00. The summed E-state index contributed by atoms with van der Waals surface area (Å²) in [6.07, 6.45) is 4.30. The van der Waals surface area contributed by atoms with Gasteiger partial charge in [-0.2, -0.15) is 0 Å². The Morgan fingerprint density at radius 2 is 1.69 bits per heavy atom. The molecule has 5 heteroatoms. The predicted molar refractivity (Wildman–Crippen MR) is 132 cm³/mol. The molecule has 0 atom stereocenters. The smallest absolute Gasteiger partial charge is 0.206 e. The fourth-order valence-electron chi connectivity index (χ4n) is 4.17. The zero-order valence-electron chi connectivity index (χ0n) is 18.3. The predicted octanol–water partition coefficient (Wildman–Crippen LogP) is 5.92. The van der Waals surface area contributed by atoms with Gasteiger partial charge in [0.1, 0.15) is 5.69 Å². The maximum Gasteiger partial charge on any atom is 0.206 e. The summed E-state index contributed by atoms with van der Waals surface area (Å²) in [7, 11) is 2.10. The maximum atomic E-state index is 5.97. The van der Waals surface area contributed by atoms with Crippen LogP contribution in [0.2, 0.25) is 5.02 Å². The maximum absolute atomic E-state index is 5.97. The number of pyridine rings is 1. The molecule has 0 unspecified atom stereocenters. The molecule has 160 valence electrons. The van der Waals surface area contributed by atoms with Crippen molar-refractivity contribution in [2.45, 2.75) is 19.8 Å². The first-order valence-corrected chi connectivity index (χ1v) is 11.4. The Morgan fingerprint density at radius 3 is 2.41 bits per heavy atom. The topological polar surface area (TPSA) is 34.0 Å². The Labute approximate surface area is 193 Å². The molecule has 1 aliphatic rings. The zero-order chi connectivity index (χ0) is 22.1. The van der Waals surface area contributed by atoms with Gasteiger partial charge in [0.15, 0.2) is 0 Å². The van der Waals surface area contributed by atoms with Crippen LogP contribution >= 0.6 is 11.6 Å². The van der Waals surface area contributed by atoms with Crippen molar-refractivity contribution in [1.29, 1.82) is 0 Å². The molecule has 0 N–H and O–H groups in total. The average molecular weight is 441 g/mol. The Balaban J connectivity index is 1.36. The van der Waals surface area contributed by atoms with Gasteiger partial charge in [-0.15, -0.1) is 0 Å². The largest absolute Gasteiger partial charge is 0.342 e. The molecule has 5 rings (SSSR count). The number of fused-ring (bicyclic) bond motifs is 1. The van der Waals surface area contributed by atoms with Crippen molar-refractivity contribution in [3.8, 4) is 23.0 Å². The number of hydrogen-bond acceptors (Lipinski definition) is 3. The Kier molecular flexibility index (Phi) is 5.59. The first kappa shape index (κ1) is 20.6. The number of anilines is 1. The molecule has 1 fully saturated rings. The first-order valence-electron chi connectivity index (χ1n) is 11.0. The van der Waals surface area contributed by atoms with Crippen LogP contribution in [0.1, 0.15) is 31.0 Å². The summed E-state index contributed by atoms with van der Waals surface area (Å²) in [5, 5.41) is 0.728. The second kappa shape index (κ2) is 8.68. The SMILES string of the molecule is CC1CCN(c2nc3cc(C#Cc4ccc(-c5ccc(Cl)cc5)cn4)ccc3n2C)CC1. The van der Waals surface area contributed by atoms with Gasteiger partial charge in [0.25, 0.3) is 0 Å². The summed E-state index contributed by atoms with van der Waals surface area (Å²) in [4.78, 5) is 11.8. The molecule has 0 bridgehead atoms. The van der Waals surface area contributed by atoms with Crippen LogP contribution in [0.15, 0.2) is 60.8 Å². The van der Waals surface area contributed by atoms with Crippen molar-refractivity contribution in [3.63, 3.8) is 0 Å². The molecule has 1 saturated heterocycles. The van der Waals surface area contributed by atoms with Crippen LogP contribution in [-0.4, -0.2) is 27.6 Å². The van der Waals surface area contributed by atoms with Gasteiger partial charge in [-0.05, 0) is 66.6 Å². The van der Waals surface area contributed by atoms with E-state index in [0.29, 0.717) is 0 Å². The van der Waals surface area contributed by atoms with E-state index in [-0.39, 0.29) is 0 Å². The van der Waals surface area contributed by atoms with Gasteiger partial charge < -0.3 is 9.47 Å². The van der Waals surface area contributed by atoms with E-state index in [2.05, 4.69) is 58.5 Å². The molecule has 0 spiro atoms. The summed E-state index contributed by atoms with van der Waals surface area (Å²) < 4.78 is 2.19. The highest BCUT2D eigenvalue weighted by Gasteiger charge is 2.20. The number of benzene rings is 2. The minimum Gasteiger partial charge on any atom is -0.342 e. The molecule has 4 aromatic rings. The summed E-state index contributed by atoms with van der Waals surface area (Å²) in [5.74, 6) is 8.27. The molecule has 0 aliphatic carbocycles. The molecule has 1 aliphatic heterocycles. The second-order valence-electron chi connectivity index (χ2n) is 8.53. The number of rotatable bonds is 2. The first-order chi connectivity index (χ1) is 15.6. The van der Waals surface area contributed by atoms with E-state index < -0.39 is 0 Å². The van der Waals surface area contributed by atoms with Crippen LogP contribution in [0.5, 0.6) is 0 Å². The standard InChI is InChI=1S/C27H25ClN4/c1-19-13-15-32(16-14-19)27-30-25-17-20(4-12-26(25)31(27)2)3-10-24-11-7-22(18-29-24)21-5-8-23(28)9-6-21/h4-9,11-12,17-19H,13-16H2,1-2H3. The van der Waals surface area contributed by atoms with E-state index in [1.165, 1.54) is 12.8 Å². The number of aryl methyl sites for hydroxylation is 1. The van der Waals surface area contributed by atoms with Crippen molar-refractivity contribution in [2.24, 2.45) is 13.0 Å². The summed E-state index contributed by atoms with van der Waals surface area (Å²) in [6.45, 7) is 4.47. The van der Waals surface area contributed by atoms with Crippen molar-refractivity contribution in [3.05, 3.63) is 77.1 Å². The van der Waals surface area contributed by atoms with E-state index in [0.717, 1.165) is 63.4 Å². The van der Waals surface area contributed by atoms with Gasteiger partial charge in [-0.25, -0.2) is 9.97 Å². The molecule has 4 nitrogen and oxygen atoms in total. The van der Waals surface area contributed by atoms with Crippen LogP contribution in [-0.2, 0) is 7.05 Å². The molecule has 2 aromatic heterocycles. The molecule has 0 radical (unpaired) electrons. The van der Waals surface area contributed by atoms with Gasteiger partial charge >= 0.3 is 0 Å². The average Bonchev–Trinajstić information content (AvgIpc) is 3.15. The highest BCUT2D eigenvalue weighted by Crippen LogP contribution is 2.26. The number of aromatic nitrogens is 3. The van der Waals surface area contributed by atoms with Crippen molar-refractivity contribution < 1.29 is 0 Å². The van der Waals surface area contributed by atoms with Crippen LogP contribution in [0.25, 0.3) is 22.2 Å². The van der Waals surface area contributed by atoms with E-state index in [1.54, 1.807) is 0 Å². The number of imidazole rings is 1. The molecule has 0 amide bonds. The Hall–Kier alpha value is -3.29. The van der Waals surface area contributed by atoms with Crippen LogP contribution in [0.3, 0.4) is 0 Å². The fraction of sp³-hybridized carbons (Fsp3) is 0.259. The minimum atomic E-state index is 0.728.